The number of alkyl halides is 3. The molecule has 3 aromatic carbocycles. The van der Waals surface area contributed by atoms with E-state index in [4.69, 9.17) is 7.80 Å². The topological polar surface area (TPSA) is 112 Å². The number of urea groups is 1. The minimum absolute atomic E-state index is 0.0268. The highest BCUT2D eigenvalue weighted by atomic mass is 127. The zero-order valence-electron chi connectivity index (χ0n) is 25.0. The second-order valence-corrected chi connectivity index (χ2v) is 10.7. The number of hydrogen-bond donors (Lipinski definition) is 3. The van der Waals surface area contributed by atoms with Crippen molar-refractivity contribution in [2.45, 2.75) is 45.1 Å². The summed E-state index contributed by atoms with van der Waals surface area (Å²) in [5, 5.41) is 6.58. The molecular formula is C31H34F4IN5O5. The maximum Gasteiger partial charge on any atom is 0.416 e. The van der Waals surface area contributed by atoms with Crippen LogP contribution in [0.15, 0.2) is 78.9 Å². The van der Waals surface area contributed by atoms with Gasteiger partial charge >= 0.3 is 12.2 Å². The molecule has 1 unspecified atom stereocenters. The number of rotatable bonds is 15. The summed E-state index contributed by atoms with van der Waals surface area (Å²) in [7, 11) is 1.35. The smallest absolute Gasteiger partial charge is 0.353 e. The molecule has 0 aliphatic heterocycles. The molecule has 10 nitrogen and oxygen atoms in total. The van der Waals surface area contributed by atoms with Crippen LogP contribution in [-0.2, 0) is 43.2 Å². The molecule has 0 saturated heterocycles. The fourth-order valence-corrected chi connectivity index (χ4v) is 4.69. The van der Waals surface area contributed by atoms with Gasteiger partial charge in [-0.1, -0.05) is 54.6 Å². The molecule has 0 aromatic heterocycles. The van der Waals surface area contributed by atoms with E-state index in [0.717, 1.165) is 17.7 Å². The number of nitrogens with zero attached hydrogens (tertiary/aromatic N) is 2. The minimum atomic E-state index is -4.57. The maximum atomic E-state index is 13.5. The monoisotopic (exact) mass is 759 g/mol. The van der Waals surface area contributed by atoms with Crippen molar-refractivity contribution in [1.29, 1.82) is 0 Å². The summed E-state index contributed by atoms with van der Waals surface area (Å²) in [6.07, 6.45) is -5.47. The van der Waals surface area contributed by atoms with Crippen molar-refractivity contribution in [3.63, 3.8) is 0 Å². The van der Waals surface area contributed by atoms with Gasteiger partial charge in [-0.05, 0) is 47.9 Å². The lowest BCUT2D eigenvalue weighted by Crippen LogP contribution is -2.53. The van der Waals surface area contributed by atoms with Crippen LogP contribution in [0.1, 0.15) is 29.2 Å². The summed E-state index contributed by atoms with van der Waals surface area (Å²) in [4.78, 5) is 40.5. The molecule has 3 N–H and O–H groups in total. The summed E-state index contributed by atoms with van der Waals surface area (Å²) in [5.74, 6) is -1.70. The van der Waals surface area contributed by atoms with Gasteiger partial charge in [-0.2, -0.15) is 13.2 Å². The van der Waals surface area contributed by atoms with Crippen LogP contribution in [0.4, 0.5) is 22.4 Å². The largest absolute Gasteiger partial charge is 0.416 e. The Morgan fingerprint density at radius 2 is 1.59 bits per heavy atom. The average Bonchev–Trinajstić information content (AvgIpc) is 3.03. The number of methoxy groups -OCH3 is 1. The van der Waals surface area contributed by atoms with E-state index in [1.54, 1.807) is 23.0 Å². The lowest BCUT2D eigenvalue weighted by molar-refractivity contribution is -0.141. The summed E-state index contributed by atoms with van der Waals surface area (Å²) in [6, 6.07) is 17.5. The highest BCUT2D eigenvalue weighted by molar-refractivity contribution is 14.1. The highest BCUT2D eigenvalue weighted by Gasteiger charge is 2.31. The molecule has 0 saturated carbocycles. The second-order valence-electron chi connectivity index (χ2n) is 10.2. The molecule has 0 spiro atoms. The van der Waals surface area contributed by atoms with Gasteiger partial charge < -0.3 is 20.3 Å². The fraction of sp³-hybridized carbons (Fsp3) is 0.323. The summed E-state index contributed by atoms with van der Waals surface area (Å²) in [6.45, 7) is 0.922. The van der Waals surface area contributed by atoms with E-state index < -0.39 is 47.7 Å². The number of nitrogens with one attached hydrogen (secondary N) is 3. The highest BCUT2D eigenvalue weighted by Crippen LogP contribution is 2.30. The van der Waals surface area contributed by atoms with Crippen molar-refractivity contribution in [3.05, 3.63) is 107 Å². The Balaban J connectivity index is 1.70. The van der Waals surface area contributed by atoms with Crippen LogP contribution >= 0.6 is 23.0 Å². The molecule has 46 heavy (non-hydrogen) atoms. The molecule has 0 aliphatic carbocycles. The van der Waals surface area contributed by atoms with Crippen molar-refractivity contribution in [2.75, 3.05) is 20.2 Å². The predicted molar refractivity (Wildman–Crippen MR) is 169 cm³/mol. The van der Waals surface area contributed by atoms with Gasteiger partial charge in [-0.3, -0.25) is 18.1 Å². The molecule has 4 amide bonds. The maximum absolute atomic E-state index is 13.5. The van der Waals surface area contributed by atoms with E-state index in [1.807, 2.05) is 30.3 Å². The molecular weight excluding hydrogens is 725 g/mol. The summed E-state index contributed by atoms with van der Waals surface area (Å²) >= 11 is 1.59. The van der Waals surface area contributed by atoms with Crippen molar-refractivity contribution in [2.24, 2.45) is 0 Å². The van der Waals surface area contributed by atoms with Gasteiger partial charge in [0.15, 0.2) is 6.29 Å². The van der Waals surface area contributed by atoms with Crippen LogP contribution in [-0.4, -0.2) is 60.3 Å². The predicted octanol–water partition coefficient (Wildman–Crippen LogP) is 4.93. The number of benzene rings is 3. The normalized spacial score (nSPS) is 12.7. The lowest BCUT2D eigenvalue weighted by atomic mass is 10.1. The molecule has 0 heterocycles. The SMILES string of the molecule is COC(CN(Cc1cccc(C(F)(F)F)c1)C(=O)[C@H](C)NC(=O)CN(Cc1ccc(F)cc1)NC(=O)NCc1ccccc1)OI. The fourth-order valence-electron chi connectivity index (χ4n) is 4.32. The van der Waals surface area contributed by atoms with Gasteiger partial charge in [0.05, 0.1) is 18.7 Å². The Morgan fingerprint density at radius 3 is 2.22 bits per heavy atom. The first-order valence-electron chi connectivity index (χ1n) is 14.0. The van der Waals surface area contributed by atoms with Crippen LogP contribution in [0.5, 0.6) is 0 Å². The molecule has 3 rings (SSSR count). The third-order valence-corrected chi connectivity index (χ3v) is 7.16. The standard InChI is InChI=1S/C31H34F4IN5O5/c1-21(29(43)40(20-28(45-2)46-36)17-24-9-6-10-25(15-24)31(33,34)35)38-27(42)19-41(18-23-11-13-26(32)14-12-23)39-30(44)37-16-22-7-4-3-5-8-22/h3-15,21,28H,16-20H2,1-2H3,(H,38,42)(H2,37,39,44)/t21-,28?/m0/s1. The molecule has 3 aromatic rings. The molecule has 0 fully saturated rings. The first-order chi connectivity index (χ1) is 21.9. The van der Waals surface area contributed by atoms with Crippen LogP contribution in [0.2, 0.25) is 0 Å². The Hall–Kier alpha value is -3.80. The zero-order valence-corrected chi connectivity index (χ0v) is 27.2. The van der Waals surface area contributed by atoms with Gasteiger partial charge in [0, 0.05) is 26.7 Å². The van der Waals surface area contributed by atoms with Crippen molar-refractivity contribution in [3.8, 4) is 0 Å². The first-order valence-corrected chi connectivity index (χ1v) is 14.9. The number of hydrogen-bond acceptors (Lipinski definition) is 6. The Morgan fingerprint density at radius 1 is 0.913 bits per heavy atom. The van der Waals surface area contributed by atoms with E-state index in [0.29, 0.717) is 5.56 Å². The number of halogens is 5. The number of hydrazine groups is 1. The van der Waals surface area contributed by atoms with Gasteiger partial charge in [-0.25, -0.2) is 14.2 Å². The zero-order chi connectivity index (χ0) is 33.7. The van der Waals surface area contributed by atoms with Crippen molar-refractivity contribution < 1.29 is 39.7 Å². The first kappa shape index (κ1) is 36.7. The second kappa shape index (κ2) is 17.8. The molecule has 0 bridgehead atoms. The van der Waals surface area contributed by atoms with E-state index in [-0.39, 0.29) is 38.3 Å². The molecule has 248 valence electrons. The van der Waals surface area contributed by atoms with E-state index in [2.05, 4.69) is 16.1 Å². The van der Waals surface area contributed by atoms with E-state index in [1.165, 1.54) is 60.3 Å². The number of ether oxygens (including phenoxy) is 1. The third kappa shape index (κ3) is 12.2. The quantitative estimate of drug-likeness (QED) is 0.0878. The van der Waals surface area contributed by atoms with Crippen LogP contribution in [0.25, 0.3) is 0 Å². The Bertz CT molecular complexity index is 1430. The lowest BCUT2D eigenvalue weighted by Gasteiger charge is -2.29. The molecule has 15 heteroatoms. The van der Waals surface area contributed by atoms with Crippen molar-refractivity contribution in [1.82, 2.24) is 26.0 Å². The summed E-state index contributed by atoms with van der Waals surface area (Å²) in [5.41, 5.74) is 3.40. The molecule has 2 atom stereocenters. The molecule has 0 aliphatic rings. The average molecular weight is 760 g/mol. The van der Waals surface area contributed by atoms with Gasteiger partial charge in [0.1, 0.15) is 34.9 Å². The van der Waals surface area contributed by atoms with Crippen molar-refractivity contribution >= 4 is 40.9 Å². The van der Waals surface area contributed by atoms with Gasteiger partial charge in [0.2, 0.25) is 11.8 Å². The molecule has 0 radical (unpaired) electrons. The van der Waals surface area contributed by atoms with Crippen LogP contribution in [0.3, 0.4) is 0 Å². The van der Waals surface area contributed by atoms with Crippen LogP contribution < -0.4 is 16.1 Å². The van der Waals surface area contributed by atoms with Crippen LogP contribution in [0, 0.1) is 5.82 Å². The Kier molecular flexibility index (Phi) is 14.2. The summed E-state index contributed by atoms with van der Waals surface area (Å²) < 4.78 is 63.7. The number of carbonyl (C=O) groups is 3. The number of amides is 4. The van der Waals surface area contributed by atoms with Gasteiger partial charge in [0.25, 0.3) is 0 Å². The minimum Gasteiger partial charge on any atom is -0.353 e. The van der Waals surface area contributed by atoms with E-state index >= 15 is 0 Å². The number of carbonyl (C=O) groups excluding carboxylic acids is 3. The Labute approximate surface area is 278 Å². The van der Waals surface area contributed by atoms with Gasteiger partial charge in [-0.15, -0.1) is 0 Å². The third-order valence-electron chi connectivity index (χ3n) is 6.60. The van der Waals surface area contributed by atoms with E-state index in [9.17, 15) is 31.9 Å².